The highest BCUT2D eigenvalue weighted by Crippen LogP contribution is 2.26. The zero-order valence-corrected chi connectivity index (χ0v) is 14.2. The van der Waals surface area contributed by atoms with E-state index in [1.165, 1.54) is 0 Å². The molecule has 0 radical (unpaired) electrons. The topological polar surface area (TPSA) is 69.0 Å². The number of imidazole rings is 1. The van der Waals surface area contributed by atoms with E-state index in [1.54, 1.807) is 18.7 Å². The van der Waals surface area contributed by atoms with E-state index in [-0.39, 0.29) is 0 Å². The van der Waals surface area contributed by atoms with E-state index in [2.05, 4.69) is 29.4 Å². The number of hydrogen-bond donors (Lipinski definition) is 0. The summed E-state index contributed by atoms with van der Waals surface area (Å²) in [5.41, 5.74) is 2.16. The third kappa shape index (κ3) is 3.51. The molecule has 3 aromatic rings. The monoisotopic (exact) mass is 336 g/mol. The van der Waals surface area contributed by atoms with Crippen LogP contribution in [0.4, 0.5) is 0 Å². The second-order valence-corrected chi connectivity index (χ2v) is 6.13. The fourth-order valence-electron chi connectivity index (χ4n) is 3.06. The zero-order chi connectivity index (χ0) is 17.1. The van der Waals surface area contributed by atoms with Gasteiger partial charge < -0.3 is 9.30 Å². The Morgan fingerprint density at radius 3 is 2.84 bits per heavy atom. The summed E-state index contributed by atoms with van der Waals surface area (Å²) in [4.78, 5) is 19.7. The molecule has 0 unspecified atom stereocenters. The summed E-state index contributed by atoms with van der Waals surface area (Å²) in [6.07, 6.45) is 10.6. The minimum atomic E-state index is 0.636. The maximum atomic E-state index is 5.94. The van der Waals surface area contributed by atoms with Gasteiger partial charge in [0, 0.05) is 50.7 Å². The van der Waals surface area contributed by atoms with Crippen molar-refractivity contribution in [3.63, 3.8) is 0 Å². The minimum Gasteiger partial charge on any atom is -0.437 e. The predicted octanol–water partition coefficient (Wildman–Crippen LogP) is 2.00. The third-order valence-electron chi connectivity index (χ3n) is 4.47. The highest BCUT2D eigenvalue weighted by Gasteiger charge is 2.20. The standard InChI is InChI=1S/C18H20N6O/c1-23-10-7-20-17(23)12-24-8-4-15-16(5-9-24)21-13-22-18(15)25-14-3-2-6-19-11-14/h2-3,6-7,10-11,13H,4-5,8-9,12H2,1H3. The molecule has 1 aliphatic rings. The number of aryl methyl sites for hydroxylation is 1. The van der Waals surface area contributed by atoms with Gasteiger partial charge in [-0.2, -0.15) is 0 Å². The molecular formula is C18H20N6O. The molecule has 128 valence electrons. The van der Waals surface area contributed by atoms with Crippen LogP contribution in [0.1, 0.15) is 17.1 Å². The van der Waals surface area contributed by atoms with Crippen LogP contribution in [0.2, 0.25) is 0 Å². The number of nitrogens with zero attached hydrogens (tertiary/aromatic N) is 6. The van der Waals surface area contributed by atoms with E-state index in [0.717, 1.165) is 49.6 Å². The summed E-state index contributed by atoms with van der Waals surface area (Å²) in [6, 6.07) is 3.73. The summed E-state index contributed by atoms with van der Waals surface area (Å²) in [7, 11) is 2.03. The summed E-state index contributed by atoms with van der Waals surface area (Å²) in [6.45, 7) is 2.71. The van der Waals surface area contributed by atoms with Gasteiger partial charge in [0.2, 0.25) is 5.88 Å². The van der Waals surface area contributed by atoms with Crippen molar-refractivity contribution >= 4 is 0 Å². The number of pyridine rings is 1. The lowest BCUT2D eigenvalue weighted by atomic mass is 10.1. The number of aromatic nitrogens is 5. The molecular weight excluding hydrogens is 316 g/mol. The average Bonchev–Trinajstić information content (AvgIpc) is 2.91. The molecule has 0 bridgehead atoms. The highest BCUT2D eigenvalue weighted by atomic mass is 16.5. The number of hydrogen-bond acceptors (Lipinski definition) is 6. The first-order chi connectivity index (χ1) is 12.3. The molecule has 7 nitrogen and oxygen atoms in total. The van der Waals surface area contributed by atoms with Crippen molar-refractivity contribution in [1.82, 2.24) is 29.4 Å². The van der Waals surface area contributed by atoms with Crippen LogP contribution in [-0.2, 0) is 26.4 Å². The lowest BCUT2D eigenvalue weighted by Gasteiger charge is -2.19. The first-order valence-corrected chi connectivity index (χ1v) is 8.39. The van der Waals surface area contributed by atoms with Crippen LogP contribution in [-0.4, -0.2) is 42.5 Å². The van der Waals surface area contributed by atoms with Crippen LogP contribution in [0.25, 0.3) is 0 Å². The van der Waals surface area contributed by atoms with Crippen molar-refractivity contribution in [3.05, 3.63) is 60.3 Å². The van der Waals surface area contributed by atoms with Gasteiger partial charge >= 0.3 is 0 Å². The predicted molar refractivity (Wildman–Crippen MR) is 92.2 cm³/mol. The maximum absolute atomic E-state index is 5.94. The largest absolute Gasteiger partial charge is 0.437 e. The first-order valence-electron chi connectivity index (χ1n) is 8.39. The molecule has 0 aliphatic carbocycles. The van der Waals surface area contributed by atoms with Crippen LogP contribution >= 0.6 is 0 Å². The van der Waals surface area contributed by atoms with Crippen LogP contribution in [0.3, 0.4) is 0 Å². The lowest BCUT2D eigenvalue weighted by Crippen LogP contribution is -2.27. The third-order valence-corrected chi connectivity index (χ3v) is 4.47. The minimum absolute atomic E-state index is 0.636. The maximum Gasteiger partial charge on any atom is 0.225 e. The van der Waals surface area contributed by atoms with Crippen molar-refractivity contribution in [2.45, 2.75) is 19.4 Å². The van der Waals surface area contributed by atoms with E-state index in [1.807, 2.05) is 31.6 Å². The summed E-state index contributed by atoms with van der Waals surface area (Å²) in [5, 5.41) is 0. The van der Waals surface area contributed by atoms with Gasteiger partial charge in [0.25, 0.3) is 0 Å². The molecule has 0 fully saturated rings. The molecule has 3 aromatic heterocycles. The zero-order valence-electron chi connectivity index (χ0n) is 14.2. The average molecular weight is 336 g/mol. The highest BCUT2D eigenvalue weighted by molar-refractivity contribution is 5.34. The Labute approximate surface area is 146 Å². The normalized spacial score (nSPS) is 14.8. The molecule has 25 heavy (non-hydrogen) atoms. The van der Waals surface area contributed by atoms with Gasteiger partial charge in [0.1, 0.15) is 17.9 Å². The van der Waals surface area contributed by atoms with Gasteiger partial charge in [0.05, 0.1) is 18.4 Å². The van der Waals surface area contributed by atoms with E-state index in [9.17, 15) is 0 Å². The van der Waals surface area contributed by atoms with Crippen molar-refractivity contribution < 1.29 is 4.74 Å². The summed E-state index contributed by atoms with van der Waals surface area (Å²) >= 11 is 0. The van der Waals surface area contributed by atoms with Gasteiger partial charge in [-0.25, -0.2) is 15.0 Å². The molecule has 0 amide bonds. The van der Waals surface area contributed by atoms with Crippen LogP contribution in [0.15, 0.2) is 43.2 Å². The Kier molecular flexibility index (Phi) is 4.39. The van der Waals surface area contributed by atoms with Crippen LogP contribution < -0.4 is 4.74 Å². The number of rotatable bonds is 4. The molecule has 4 heterocycles. The second-order valence-electron chi connectivity index (χ2n) is 6.13. The van der Waals surface area contributed by atoms with Gasteiger partial charge in [0.15, 0.2) is 0 Å². The van der Waals surface area contributed by atoms with Crippen LogP contribution in [0.5, 0.6) is 11.6 Å². The fourth-order valence-corrected chi connectivity index (χ4v) is 3.06. The second kappa shape index (κ2) is 6.98. The summed E-state index contributed by atoms with van der Waals surface area (Å²) in [5.74, 6) is 2.40. The smallest absolute Gasteiger partial charge is 0.225 e. The SMILES string of the molecule is Cn1ccnc1CN1CCc2ncnc(Oc3cccnc3)c2CC1. The summed E-state index contributed by atoms with van der Waals surface area (Å²) < 4.78 is 8.01. The van der Waals surface area contributed by atoms with Crippen LogP contribution in [0, 0.1) is 0 Å². The van der Waals surface area contributed by atoms with Gasteiger partial charge in [-0.1, -0.05) is 0 Å². The molecule has 0 aromatic carbocycles. The van der Waals surface area contributed by atoms with Crippen molar-refractivity contribution in [1.29, 1.82) is 0 Å². The number of fused-ring (bicyclic) bond motifs is 1. The Bertz CT molecular complexity index is 848. The van der Waals surface area contributed by atoms with E-state index < -0.39 is 0 Å². The van der Waals surface area contributed by atoms with E-state index in [0.29, 0.717) is 11.6 Å². The van der Waals surface area contributed by atoms with E-state index in [4.69, 9.17) is 4.74 Å². The first kappa shape index (κ1) is 15.7. The van der Waals surface area contributed by atoms with Gasteiger partial charge in [-0.15, -0.1) is 0 Å². The Morgan fingerprint density at radius 2 is 2.04 bits per heavy atom. The van der Waals surface area contributed by atoms with E-state index >= 15 is 0 Å². The van der Waals surface area contributed by atoms with Crippen molar-refractivity contribution in [2.24, 2.45) is 7.05 Å². The Hall–Kier alpha value is -2.80. The molecule has 4 rings (SSSR count). The quantitative estimate of drug-likeness (QED) is 0.726. The Morgan fingerprint density at radius 1 is 1.12 bits per heavy atom. The van der Waals surface area contributed by atoms with Gasteiger partial charge in [-0.05, 0) is 18.6 Å². The molecule has 0 N–H and O–H groups in total. The molecule has 7 heteroatoms. The number of ether oxygens (including phenoxy) is 1. The lowest BCUT2D eigenvalue weighted by molar-refractivity contribution is 0.269. The molecule has 1 aliphatic heterocycles. The molecule has 0 saturated heterocycles. The Balaban J connectivity index is 1.51. The molecule has 0 spiro atoms. The van der Waals surface area contributed by atoms with Gasteiger partial charge in [-0.3, -0.25) is 9.88 Å². The van der Waals surface area contributed by atoms with Crippen molar-refractivity contribution in [3.8, 4) is 11.6 Å². The molecule has 0 atom stereocenters. The fraction of sp³-hybridized carbons (Fsp3) is 0.333. The van der Waals surface area contributed by atoms with Crippen molar-refractivity contribution in [2.75, 3.05) is 13.1 Å². The molecule has 0 saturated carbocycles.